The summed E-state index contributed by atoms with van der Waals surface area (Å²) in [6.45, 7) is 2.71. The van der Waals surface area contributed by atoms with E-state index < -0.39 is 6.17 Å². The molecule has 0 fully saturated rings. The van der Waals surface area contributed by atoms with Crippen LogP contribution in [0.5, 0.6) is 0 Å². The first kappa shape index (κ1) is 13.4. The van der Waals surface area contributed by atoms with Crippen LogP contribution in [0.2, 0.25) is 5.02 Å². The number of fused-ring (bicyclic) bond motifs is 1. The van der Waals surface area contributed by atoms with Crippen LogP contribution in [0.15, 0.2) is 18.2 Å². The topological polar surface area (TPSA) is 29.9 Å². The lowest BCUT2D eigenvalue weighted by molar-refractivity contribution is 0.337. The molecule has 0 radical (unpaired) electrons. The molecule has 2 heterocycles. The first-order valence-corrected chi connectivity index (χ1v) is 7.13. The maximum Gasteiger partial charge on any atom is 0.133 e. The molecule has 1 aliphatic heterocycles. The molecule has 106 valence electrons. The Morgan fingerprint density at radius 1 is 1.50 bits per heavy atom. The number of alkyl halides is 1. The molecule has 20 heavy (non-hydrogen) atoms. The number of hydrogen-bond acceptors (Lipinski definition) is 2. The smallest absolute Gasteiger partial charge is 0.133 e. The molecule has 0 amide bonds. The van der Waals surface area contributed by atoms with E-state index in [1.165, 1.54) is 5.56 Å². The maximum atomic E-state index is 14.7. The number of benzene rings is 1. The van der Waals surface area contributed by atoms with E-state index >= 15 is 0 Å². The van der Waals surface area contributed by atoms with Gasteiger partial charge in [0.1, 0.15) is 6.17 Å². The third-order valence-corrected chi connectivity index (χ3v) is 4.34. The van der Waals surface area contributed by atoms with Gasteiger partial charge in [0, 0.05) is 31.3 Å². The molecule has 1 aromatic heterocycles. The number of hydrogen-bond donors (Lipinski definition) is 1. The minimum atomic E-state index is -1.08. The van der Waals surface area contributed by atoms with Crippen LogP contribution in [-0.4, -0.2) is 16.3 Å². The number of aromatic nitrogens is 2. The molecule has 3 rings (SSSR count). The van der Waals surface area contributed by atoms with Gasteiger partial charge in [-0.15, -0.1) is 0 Å². The average Bonchev–Trinajstić information content (AvgIpc) is 2.99. The predicted molar refractivity (Wildman–Crippen MR) is 79.1 cm³/mol. The second kappa shape index (κ2) is 5.09. The van der Waals surface area contributed by atoms with Crippen LogP contribution >= 0.6 is 11.6 Å². The van der Waals surface area contributed by atoms with E-state index in [4.69, 9.17) is 11.6 Å². The predicted octanol–water partition coefficient (Wildman–Crippen LogP) is 3.60. The zero-order valence-electron chi connectivity index (χ0n) is 11.6. The summed E-state index contributed by atoms with van der Waals surface area (Å²) in [5.41, 5.74) is 4.35. The molecule has 0 saturated carbocycles. The Labute approximate surface area is 122 Å². The molecule has 2 aromatic rings. The largest absolute Gasteiger partial charge is 0.384 e. The summed E-state index contributed by atoms with van der Waals surface area (Å²) in [5.74, 6) is 0. The van der Waals surface area contributed by atoms with Crippen LogP contribution < -0.4 is 5.32 Å². The van der Waals surface area contributed by atoms with E-state index in [0.717, 1.165) is 35.6 Å². The number of para-hydroxylation sites is 1. The van der Waals surface area contributed by atoms with E-state index in [2.05, 4.69) is 10.4 Å². The number of nitrogens with zero attached hydrogens (tertiary/aromatic N) is 2. The molecule has 1 N–H and O–H groups in total. The molecule has 0 spiro atoms. The van der Waals surface area contributed by atoms with Crippen molar-refractivity contribution in [3.05, 3.63) is 45.7 Å². The van der Waals surface area contributed by atoms with Crippen LogP contribution in [0.3, 0.4) is 0 Å². The van der Waals surface area contributed by atoms with Crippen LogP contribution in [0.4, 0.5) is 10.1 Å². The number of halogens is 2. The Balaban J connectivity index is 1.90. The van der Waals surface area contributed by atoms with Crippen LogP contribution in [0.25, 0.3) is 0 Å². The lowest BCUT2D eigenvalue weighted by atomic mass is 10.0. The van der Waals surface area contributed by atoms with Gasteiger partial charge in [0.2, 0.25) is 0 Å². The summed E-state index contributed by atoms with van der Waals surface area (Å²) < 4.78 is 16.4. The minimum absolute atomic E-state index is 0.244. The summed E-state index contributed by atoms with van der Waals surface area (Å²) in [5, 5.41) is 8.07. The van der Waals surface area contributed by atoms with Crippen molar-refractivity contribution >= 4 is 17.3 Å². The van der Waals surface area contributed by atoms with Crippen LogP contribution in [0, 0.1) is 6.92 Å². The van der Waals surface area contributed by atoms with Crippen molar-refractivity contribution in [2.75, 3.05) is 11.9 Å². The van der Waals surface area contributed by atoms with Crippen molar-refractivity contribution < 1.29 is 4.39 Å². The number of anilines is 1. The fourth-order valence-electron chi connectivity index (χ4n) is 2.81. The maximum absolute atomic E-state index is 14.7. The summed E-state index contributed by atoms with van der Waals surface area (Å²) in [6, 6.07) is 5.82. The molecular weight excluding hydrogens is 277 g/mol. The molecule has 1 atom stereocenters. The van der Waals surface area contributed by atoms with Gasteiger partial charge in [-0.1, -0.05) is 29.8 Å². The number of aryl methyl sites for hydroxylation is 2. The van der Waals surface area contributed by atoms with Crippen molar-refractivity contribution in [2.24, 2.45) is 7.05 Å². The molecule has 1 unspecified atom stereocenters. The van der Waals surface area contributed by atoms with Crippen molar-refractivity contribution in [3.8, 4) is 0 Å². The Morgan fingerprint density at radius 2 is 2.30 bits per heavy atom. The minimum Gasteiger partial charge on any atom is -0.384 e. The second-order valence-electron chi connectivity index (χ2n) is 5.20. The second-order valence-corrected chi connectivity index (χ2v) is 5.58. The van der Waals surface area contributed by atoms with Gasteiger partial charge in [0.05, 0.1) is 16.4 Å². The van der Waals surface area contributed by atoms with Crippen LogP contribution in [0.1, 0.15) is 28.7 Å². The lowest BCUT2D eigenvalue weighted by Crippen LogP contribution is -2.06. The van der Waals surface area contributed by atoms with Gasteiger partial charge in [-0.3, -0.25) is 4.68 Å². The molecule has 0 bridgehead atoms. The first-order valence-electron chi connectivity index (χ1n) is 6.75. The van der Waals surface area contributed by atoms with E-state index in [1.54, 1.807) is 11.7 Å². The molecule has 3 nitrogen and oxygen atoms in total. The molecule has 5 heteroatoms. The van der Waals surface area contributed by atoms with E-state index in [1.807, 2.05) is 25.1 Å². The van der Waals surface area contributed by atoms with Gasteiger partial charge in [0.15, 0.2) is 0 Å². The van der Waals surface area contributed by atoms with Gasteiger partial charge in [0.25, 0.3) is 0 Å². The quantitative estimate of drug-likeness (QED) is 0.937. The zero-order chi connectivity index (χ0) is 14.3. The monoisotopic (exact) mass is 293 g/mol. The summed E-state index contributed by atoms with van der Waals surface area (Å²) >= 11 is 6.20. The third kappa shape index (κ3) is 2.18. The third-order valence-electron chi connectivity index (χ3n) is 3.85. The molecule has 1 aromatic carbocycles. The Kier molecular flexibility index (Phi) is 3.42. The molecule has 0 saturated heterocycles. The summed E-state index contributed by atoms with van der Waals surface area (Å²) in [6.07, 6.45) is 0.123. The fraction of sp³-hybridized carbons (Fsp3) is 0.400. The number of rotatable bonds is 3. The zero-order valence-corrected chi connectivity index (χ0v) is 12.3. The lowest BCUT2D eigenvalue weighted by Gasteiger charge is -2.14. The van der Waals surface area contributed by atoms with Gasteiger partial charge >= 0.3 is 0 Å². The Morgan fingerprint density at radius 3 is 3.00 bits per heavy atom. The van der Waals surface area contributed by atoms with E-state index in [0.29, 0.717) is 5.02 Å². The van der Waals surface area contributed by atoms with Gasteiger partial charge in [-0.05, 0) is 18.9 Å². The van der Waals surface area contributed by atoms with Gasteiger partial charge < -0.3 is 5.32 Å². The summed E-state index contributed by atoms with van der Waals surface area (Å²) in [4.78, 5) is 0. The highest BCUT2D eigenvalue weighted by Crippen LogP contribution is 2.35. The molecule has 1 aliphatic rings. The average molecular weight is 294 g/mol. The molecular formula is C15H17ClFN3. The van der Waals surface area contributed by atoms with Crippen molar-refractivity contribution in [1.29, 1.82) is 0 Å². The highest BCUT2D eigenvalue weighted by molar-refractivity contribution is 6.31. The SMILES string of the molecule is Cc1nn(C)c(CC(F)c2cccc3c2NCC3)c1Cl. The number of nitrogens with one attached hydrogen (secondary N) is 1. The van der Waals surface area contributed by atoms with Gasteiger partial charge in [-0.2, -0.15) is 5.10 Å². The van der Waals surface area contributed by atoms with Crippen LogP contribution in [-0.2, 0) is 19.9 Å². The van der Waals surface area contributed by atoms with Gasteiger partial charge in [-0.25, -0.2) is 4.39 Å². The Bertz CT molecular complexity index is 651. The normalized spacial score (nSPS) is 15.0. The van der Waals surface area contributed by atoms with E-state index in [-0.39, 0.29) is 6.42 Å². The van der Waals surface area contributed by atoms with Crippen molar-refractivity contribution in [1.82, 2.24) is 9.78 Å². The van der Waals surface area contributed by atoms with Crippen molar-refractivity contribution in [2.45, 2.75) is 25.9 Å². The fourth-order valence-corrected chi connectivity index (χ4v) is 3.05. The standard InChI is InChI=1S/C15H17ClFN3/c1-9-14(16)13(20(2)19-9)8-12(17)11-5-3-4-10-6-7-18-15(10)11/h3-5,12,18H,6-8H2,1-2H3. The first-order chi connectivity index (χ1) is 9.58. The molecule has 0 aliphatic carbocycles. The van der Waals surface area contributed by atoms with E-state index in [9.17, 15) is 4.39 Å². The Hall–Kier alpha value is -1.55. The summed E-state index contributed by atoms with van der Waals surface area (Å²) in [7, 11) is 1.80. The highest BCUT2D eigenvalue weighted by Gasteiger charge is 2.23. The van der Waals surface area contributed by atoms with Crippen molar-refractivity contribution in [3.63, 3.8) is 0 Å². The highest BCUT2D eigenvalue weighted by atomic mass is 35.5.